The van der Waals surface area contributed by atoms with Gasteiger partial charge in [-0.2, -0.15) is 13.2 Å². The van der Waals surface area contributed by atoms with Crippen molar-refractivity contribution in [1.82, 2.24) is 4.98 Å². The van der Waals surface area contributed by atoms with Crippen molar-refractivity contribution >= 4 is 5.78 Å². The number of hydrogen-bond donors (Lipinski definition) is 0. The Labute approximate surface area is 107 Å². The average Bonchev–Trinajstić information content (AvgIpc) is 2.38. The molecule has 0 aliphatic carbocycles. The second-order valence-electron chi connectivity index (χ2n) is 4.07. The Bertz CT molecular complexity index is 606. The number of rotatable bonds is 2. The number of alkyl halides is 3. The van der Waals surface area contributed by atoms with Gasteiger partial charge < -0.3 is 0 Å². The number of carbonyl (C=O) groups is 1. The van der Waals surface area contributed by atoms with Gasteiger partial charge in [0.1, 0.15) is 5.69 Å². The number of aromatic nitrogens is 1. The van der Waals surface area contributed by atoms with Crippen LogP contribution in [0.15, 0.2) is 42.6 Å². The minimum atomic E-state index is -4.47. The smallest absolute Gasteiger partial charge is 0.287 e. The molecule has 1 aromatic carbocycles. The highest BCUT2D eigenvalue weighted by Crippen LogP contribution is 2.32. The predicted octanol–water partition coefficient (Wildman–Crippen LogP) is 3.64. The van der Waals surface area contributed by atoms with E-state index in [0.29, 0.717) is 0 Å². The summed E-state index contributed by atoms with van der Waals surface area (Å²) in [6.07, 6.45) is -3.05. The number of hydrogen-bond acceptors (Lipinski definition) is 2. The molecular weight excluding hydrogens is 255 g/mol. The fraction of sp³-hybridized carbons (Fsp3) is 0.143. The molecule has 0 amide bonds. The van der Waals surface area contributed by atoms with Crippen molar-refractivity contribution in [2.45, 2.75) is 13.1 Å². The maximum atomic E-state index is 12.8. The lowest BCUT2D eigenvalue weighted by Gasteiger charge is -2.11. The molecule has 98 valence electrons. The maximum absolute atomic E-state index is 12.8. The van der Waals surface area contributed by atoms with Crippen molar-refractivity contribution < 1.29 is 18.0 Å². The Morgan fingerprint density at radius 2 is 1.89 bits per heavy atom. The normalized spacial score (nSPS) is 11.4. The Balaban J connectivity index is 2.45. The van der Waals surface area contributed by atoms with Gasteiger partial charge in [-0.15, -0.1) is 0 Å². The molecule has 0 aliphatic heterocycles. The van der Waals surface area contributed by atoms with E-state index in [1.54, 1.807) is 12.1 Å². The number of aryl methyl sites for hydroxylation is 1. The molecule has 0 unspecified atom stereocenters. The van der Waals surface area contributed by atoms with Gasteiger partial charge in [-0.25, -0.2) is 0 Å². The molecule has 0 spiro atoms. The summed E-state index contributed by atoms with van der Waals surface area (Å²) in [6, 6.07) is 8.24. The van der Waals surface area contributed by atoms with Crippen LogP contribution in [0, 0.1) is 6.92 Å². The highest BCUT2D eigenvalue weighted by atomic mass is 19.4. The van der Waals surface area contributed by atoms with E-state index in [-0.39, 0.29) is 16.8 Å². The van der Waals surface area contributed by atoms with Crippen LogP contribution >= 0.6 is 0 Å². The van der Waals surface area contributed by atoms with Gasteiger partial charge in [0.25, 0.3) is 0 Å². The van der Waals surface area contributed by atoms with E-state index >= 15 is 0 Å². The average molecular weight is 265 g/mol. The molecule has 5 heteroatoms. The minimum Gasteiger partial charge on any atom is -0.287 e. The van der Waals surface area contributed by atoms with Gasteiger partial charge in [-0.3, -0.25) is 9.78 Å². The highest BCUT2D eigenvalue weighted by molar-refractivity contribution is 6.07. The predicted molar refractivity (Wildman–Crippen MR) is 63.9 cm³/mol. The van der Waals surface area contributed by atoms with E-state index in [4.69, 9.17) is 0 Å². The third-order valence-electron chi connectivity index (χ3n) is 2.70. The molecule has 19 heavy (non-hydrogen) atoms. The van der Waals surface area contributed by atoms with Crippen LogP contribution in [0.25, 0.3) is 0 Å². The number of pyridine rings is 1. The van der Waals surface area contributed by atoms with Crippen molar-refractivity contribution in [3.05, 3.63) is 65.0 Å². The van der Waals surface area contributed by atoms with Gasteiger partial charge in [0.15, 0.2) is 0 Å². The summed E-state index contributed by atoms with van der Waals surface area (Å²) in [4.78, 5) is 15.8. The first-order valence-electron chi connectivity index (χ1n) is 5.53. The first-order valence-corrected chi connectivity index (χ1v) is 5.53. The third kappa shape index (κ3) is 2.81. The van der Waals surface area contributed by atoms with Gasteiger partial charge in [-0.1, -0.05) is 18.2 Å². The Morgan fingerprint density at radius 3 is 2.47 bits per heavy atom. The van der Waals surface area contributed by atoms with E-state index < -0.39 is 17.5 Å². The molecular formula is C14H10F3NO. The third-order valence-corrected chi connectivity index (χ3v) is 2.70. The Hall–Kier alpha value is -2.17. The molecule has 0 saturated heterocycles. The number of halogens is 3. The first-order chi connectivity index (χ1) is 8.89. The van der Waals surface area contributed by atoms with Gasteiger partial charge in [0.2, 0.25) is 5.78 Å². The first kappa shape index (κ1) is 13.3. The zero-order valence-corrected chi connectivity index (χ0v) is 10.0. The number of nitrogens with zero attached hydrogens (tertiary/aromatic N) is 1. The number of ketones is 1. The summed E-state index contributed by atoms with van der Waals surface area (Å²) < 4.78 is 38.3. The SMILES string of the molecule is Cc1ccc(C(=O)c2ccccn2)cc1C(F)(F)F. The topological polar surface area (TPSA) is 30.0 Å². The van der Waals surface area contributed by atoms with Crippen LogP contribution < -0.4 is 0 Å². The van der Waals surface area contributed by atoms with Gasteiger partial charge in [-0.05, 0) is 30.7 Å². The Kier molecular flexibility index (Phi) is 3.38. The second kappa shape index (κ2) is 4.84. The zero-order chi connectivity index (χ0) is 14.0. The molecule has 0 radical (unpaired) electrons. The molecule has 2 aromatic rings. The van der Waals surface area contributed by atoms with Gasteiger partial charge in [0, 0.05) is 11.8 Å². The van der Waals surface area contributed by atoms with Gasteiger partial charge >= 0.3 is 6.18 Å². The monoisotopic (exact) mass is 265 g/mol. The molecule has 2 rings (SSSR count). The highest BCUT2D eigenvalue weighted by Gasteiger charge is 2.33. The van der Waals surface area contributed by atoms with Crippen molar-refractivity contribution in [3.63, 3.8) is 0 Å². The molecule has 0 saturated carbocycles. The minimum absolute atomic E-state index is 0.0170. The molecule has 0 bridgehead atoms. The summed E-state index contributed by atoms with van der Waals surface area (Å²) in [6.45, 7) is 1.36. The fourth-order valence-electron chi connectivity index (χ4n) is 1.71. The van der Waals surface area contributed by atoms with Crippen LogP contribution in [0.5, 0.6) is 0 Å². The van der Waals surface area contributed by atoms with Crippen molar-refractivity contribution in [2.24, 2.45) is 0 Å². The quantitative estimate of drug-likeness (QED) is 0.776. The molecule has 0 atom stereocenters. The molecule has 1 aromatic heterocycles. The van der Waals surface area contributed by atoms with Crippen molar-refractivity contribution in [3.8, 4) is 0 Å². The van der Waals surface area contributed by atoms with Crippen molar-refractivity contribution in [1.29, 1.82) is 0 Å². The van der Waals surface area contributed by atoms with E-state index in [1.165, 1.54) is 31.3 Å². The summed E-state index contributed by atoms with van der Waals surface area (Å²) in [5.41, 5.74) is -0.601. The summed E-state index contributed by atoms with van der Waals surface area (Å²) in [5.74, 6) is -0.522. The van der Waals surface area contributed by atoms with Crippen molar-refractivity contribution in [2.75, 3.05) is 0 Å². The fourth-order valence-corrected chi connectivity index (χ4v) is 1.71. The molecule has 0 N–H and O–H groups in total. The van der Waals surface area contributed by atoms with E-state index in [9.17, 15) is 18.0 Å². The Morgan fingerprint density at radius 1 is 1.16 bits per heavy atom. The largest absolute Gasteiger partial charge is 0.416 e. The maximum Gasteiger partial charge on any atom is 0.416 e. The van der Waals surface area contributed by atoms with Gasteiger partial charge in [0.05, 0.1) is 5.56 Å². The standard InChI is InChI=1S/C14H10F3NO/c1-9-5-6-10(8-11(9)14(15,16)17)13(19)12-4-2-3-7-18-12/h2-8H,1H3. The van der Waals surface area contributed by atoms with Crippen LogP contribution in [0.2, 0.25) is 0 Å². The van der Waals surface area contributed by atoms with Crippen LogP contribution in [0.4, 0.5) is 13.2 Å². The summed E-state index contributed by atoms with van der Waals surface area (Å²) >= 11 is 0. The summed E-state index contributed by atoms with van der Waals surface area (Å²) in [7, 11) is 0. The second-order valence-corrected chi connectivity index (χ2v) is 4.07. The van der Waals surface area contributed by atoms with Crippen LogP contribution in [0.3, 0.4) is 0 Å². The van der Waals surface area contributed by atoms with E-state index in [0.717, 1.165) is 6.07 Å². The van der Waals surface area contributed by atoms with E-state index in [1.807, 2.05) is 0 Å². The lowest BCUT2D eigenvalue weighted by atomic mass is 10.0. The van der Waals surface area contributed by atoms with Crippen LogP contribution in [-0.4, -0.2) is 10.8 Å². The number of carbonyl (C=O) groups excluding carboxylic acids is 1. The molecule has 2 nitrogen and oxygen atoms in total. The van der Waals surface area contributed by atoms with Crippen LogP contribution in [-0.2, 0) is 6.18 Å². The number of benzene rings is 1. The lowest BCUT2D eigenvalue weighted by Crippen LogP contribution is -2.11. The zero-order valence-electron chi connectivity index (χ0n) is 10.0. The molecule has 1 heterocycles. The molecule has 0 aliphatic rings. The molecule has 0 fully saturated rings. The van der Waals surface area contributed by atoms with Crippen LogP contribution in [0.1, 0.15) is 27.2 Å². The van der Waals surface area contributed by atoms with E-state index in [2.05, 4.69) is 4.98 Å². The lowest BCUT2D eigenvalue weighted by molar-refractivity contribution is -0.138. The summed E-state index contributed by atoms with van der Waals surface area (Å²) in [5, 5.41) is 0.